The van der Waals surface area contributed by atoms with Crippen LogP contribution in [-0.2, 0) is 35.2 Å². The second-order valence-corrected chi connectivity index (χ2v) is 7.00. The Kier molecular flexibility index (Phi) is 11.0. The molecule has 1 rings (SSSR count). The lowest BCUT2D eigenvalue weighted by Crippen LogP contribution is -2.57. The maximum absolute atomic E-state index is 12.8. The third-order valence-electron chi connectivity index (χ3n) is 4.39. The molecule has 3 atom stereocenters. The van der Waals surface area contributed by atoms with Crippen LogP contribution in [0, 0.1) is 0 Å². The van der Waals surface area contributed by atoms with Crippen LogP contribution in [0.25, 0.3) is 0 Å². The molecule has 0 radical (unpaired) electrons. The molecule has 0 spiro atoms. The van der Waals surface area contributed by atoms with Gasteiger partial charge in [-0.3, -0.25) is 24.0 Å². The number of nitrogens with one attached hydrogen (secondary N) is 4. The number of H-pyrrole nitrogens is 1. The van der Waals surface area contributed by atoms with Crippen molar-refractivity contribution in [1.82, 2.24) is 25.9 Å². The summed E-state index contributed by atoms with van der Waals surface area (Å²) in [6, 6.07) is -4.08. The van der Waals surface area contributed by atoms with E-state index in [0.29, 0.717) is 5.69 Å². The van der Waals surface area contributed by atoms with E-state index in [1.54, 1.807) is 0 Å². The molecule has 0 aliphatic carbocycles. The Labute approximate surface area is 187 Å². The normalized spacial score (nSPS) is 13.2. The lowest BCUT2D eigenvalue weighted by atomic mass is 10.1. The number of aromatic nitrogens is 2. The Morgan fingerprint density at radius 2 is 1.55 bits per heavy atom. The Morgan fingerprint density at radius 1 is 0.939 bits per heavy atom. The minimum Gasteiger partial charge on any atom is -0.481 e. The molecule has 1 heterocycles. The second-order valence-electron chi connectivity index (χ2n) is 7.00. The number of aromatic amines is 1. The summed E-state index contributed by atoms with van der Waals surface area (Å²) in [6.45, 7) is -0.428. The van der Waals surface area contributed by atoms with Crippen molar-refractivity contribution in [2.75, 3.05) is 6.54 Å². The summed E-state index contributed by atoms with van der Waals surface area (Å²) < 4.78 is 0. The fraction of sp³-hybridized carbons (Fsp3) is 0.500. The summed E-state index contributed by atoms with van der Waals surface area (Å²) >= 11 is 0. The quantitative estimate of drug-likeness (QED) is 0.126. The molecule has 1 aromatic rings. The first-order chi connectivity index (χ1) is 15.5. The standard InChI is InChI=1S/C18H27N7O8/c19-6-14(27)23-10(1-3-13(20)26)16(30)25-12(5-9-7-21-8-22-9)17(31)24-11(18(32)33)2-4-15(28)29/h7-8,10-12H,1-6,19H2,(H2,20,26)(H,21,22)(H,23,27)(H,24,31)(H,25,30)(H,28,29)(H,32,33). The van der Waals surface area contributed by atoms with E-state index in [1.807, 2.05) is 0 Å². The van der Waals surface area contributed by atoms with Crippen LogP contribution in [0.5, 0.6) is 0 Å². The van der Waals surface area contributed by atoms with E-state index in [2.05, 4.69) is 25.9 Å². The summed E-state index contributed by atoms with van der Waals surface area (Å²) in [5.41, 5.74) is 10.8. The third-order valence-corrected chi connectivity index (χ3v) is 4.39. The van der Waals surface area contributed by atoms with E-state index in [0.717, 1.165) is 0 Å². The van der Waals surface area contributed by atoms with E-state index < -0.39 is 66.7 Å². The van der Waals surface area contributed by atoms with Crippen LogP contribution in [0.15, 0.2) is 12.5 Å². The topological polar surface area (TPSA) is 260 Å². The summed E-state index contributed by atoms with van der Waals surface area (Å²) in [6.07, 6.45) is 1.29. The summed E-state index contributed by atoms with van der Waals surface area (Å²) in [7, 11) is 0. The molecule has 33 heavy (non-hydrogen) atoms. The number of rotatable bonds is 15. The number of hydrogen-bond acceptors (Lipinski definition) is 8. The number of aliphatic carboxylic acids is 2. The molecule has 0 saturated heterocycles. The van der Waals surface area contributed by atoms with E-state index in [4.69, 9.17) is 16.6 Å². The smallest absolute Gasteiger partial charge is 0.326 e. The zero-order chi connectivity index (χ0) is 25.0. The summed E-state index contributed by atoms with van der Waals surface area (Å²) in [5, 5.41) is 25.0. The molecule has 15 nitrogen and oxygen atoms in total. The van der Waals surface area contributed by atoms with Crippen molar-refractivity contribution in [1.29, 1.82) is 0 Å². The Morgan fingerprint density at radius 3 is 2.06 bits per heavy atom. The van der Waals surface area contributed by atoms with Gasteiger partial charge in [-0.1, -0.05) is 0 Å². The highest BCUT2D eigenvalue weighted by molar-refractivity contribution is 5.94. The molecule has 1 aromatic heterocycles. The fourth-order valence-electron chi connectivity index (χ4n) is 2.70. The van der Waals surface area contributed by atoms with Crippen LogP contribution in [0.4, 0.5) is 0 Å². The SMILES string of the molecule is NCC(=O)NC(CCC(N)=O)C(=O)NC(Cc1cnc[nH]1)C(=O)NC(CCC(=O)O)C(=O)O. The minimum atomic E-state index is -1.52. The molecular formula is C18H27N7O8. The van der Waals surface area contributed by atoms with Crippen LogP contribution < -0.4 is 27.4 Å². The minimum absolute atomic E-state index is 0.129. The van der Waals surface area contributed by atoms with Crippen molar-refractivity contribution >= 4 is 35.6 Å². The zero-order valence-corrected chi connectivity index (χ0v) is 17.6. The maximum Gasteiger partial charge on any atom is 0.326 e. The number of hydrogen-bond donors (Lipinski definition) is 8. The molecule has 10 N–H and O–H groups in total. The van der Waals surface area contributed by atoms with Gasteiger partial charge < -0.3 is 42.6 Å². The average Bonchev–Trinajstić information content (AvgIpc) is 3.25. The van der Waals surface area contributed by atoms with Gasteiger partial charge in [-0.25, -0.2) is 9.78 Å². The van der Waals surface area contributed by atoms with Gasteiger partial charge in [-0.15, -0.1) is 0 Å². The second kappa shape index (κ2) is 13.4. The number of nitrogens with zero attached hydrogens (tertiary/aromatic N) is 1. The maximum atomic E-state index is 12.8. The molecule has 4 amide bonds. The van der Waals surface area contributed by atoms with Crippen LogP contribution >= 0.6 is 0 Å². The Bertz CT molecular complexity index is 858. The van der Waals surface area contributed by atoms with Crippen molar-refractivity contribution in [2.45, 2.75) is 50.2 Å². The lowest BCUT2D eigenvalue weighted by molar-refractivity contribution is -0.143. The zero-order valence-electron chi connectivity index (χ0n) is 17.6. The first kappa shape index (κ1) is 27.0. The largest absolute Gasteiger partial charge is 0.481 e. The predicted molar refractivity (Wildman–Crippen MR) is 110 cm³/mol. The van der Waals surface area contributed by atoms with E-state index >= 15 is 0 Å². The number of amides is 4. The molecule has 0 saturated carbocycles. The number of primary amides is 1. The summed E-state index contributed by atoms with van der Waals surface area (Å²) in [5.74, 6) is -5.85. The highest BCUT2D eigenvalue weighted by Gasteiger charge is 2.30. The van der Waals surface area contributed by atoms with Gasteiger partial charge in [0.1, 0.15) is 18.1 Å². The van der Waals surface area contributed by atoms with Crippen molar-refractivity contribution in [3.63, 3.8) is 0 Å². The van der Waals surface area contributed by atoms with Crippen LogP contribution in [0.3, 0.4) is 0 Å². The van der Waals surface area contributed by atoms with Crippen molar-refractivity contribution in [3.05, 3.63) is 18.2 Å². The predicted octanol–water partition coefficient (Wildman–Crippen LogP) is -3.42. The first-order valence-corrected chi connectivity index (χ1v) is 9.83. The number of carbonyl (C=O) groups excluding carboxylic acids is 4. The van der Waals surface area contributed by atoms with Gasteiger partial charge in [0, 0.05) is 31.2 Å². The monoisotopic (exact) mass is 469 g/mol. The van der Waals surface area contributed by atoms with Crippen molar-refractivity contribution in [3.8, 4) is 0 Å². The molecule has 0 aliphatic heterocycles. The van der Waals surface area contributed by atoms with Crippen LogP contribution in [0.1, 0.15) is 31.4 Å². The Hall–Kier alpha value is -4.01. The van der Waals surface area contributed by atoms with Gasteiger partial charge in [0.15, 0.2) is 0 Å². The number of nitrogens with two attached hydrogens (primary N) is 2. The number of carboxylic acids is 2. The van der Waals surface area contributed by atoms with E-state index in [1.165, 1.54) is 12.5 Å². The van der Waals surface area contributed by atoms with E-state index in [9.17, 15) is 33.9 Å². The molecule has 0 fully saturated rings. The highest BCUT2D eigenvalue weighted by atomic mass is 16.4. The third kappa shape index (κ3) is 10.2. The van der Waals surface area contributed by atoms with E-state index in [-0.39, 0.29) is 25.7 Å². The lowest BCUT2D eigenvalue weighted by Gasteiger charge is -2.24. The number of imidazole rings is 1. The van der Waals surface area contributed by atoms with Gasteiger partial charge in [-0.05, 0) is 12.8 Å². The van der Waals surface area contributed by atoms with Gasteiger partial charge >= 0.3 is 11.9 Å². The van der Waals surface area contributed by atoms with Gasteiger partial charge in [0.25, 0.3) is 0 Å². The summed E-state index contributed by atoms with van der Waals surface area (Å²) in [4.78, 5) is 77.0. The number of carbonyl (C=O) groups is 6. The Balaban J connectivity index is 3.02. The van der Waals surface area contributed by atoms with Crippen molar-refractivity contribution in [2.24, 2.45) is 11.5 Å². The molecule has 0 bridgehead atoms. The van der Waals surface area contributed by atoms with Crippen LogP contribution in [0.2, 0.25) is 0 Å². The average molecular weight is 469 g/mol. The molecular weight excluding hydrogens is 442 g/mol. The number of carboxylic acid groups (broad SMARTS) is 2. The first-order valence-electron chi connectivity index (χ1n) is 9.83. The van der Waals surface area contributed by atoms with Gasteiger partial charge in [-0.2, -0.15) is 0 Å². The molecule has 0 aliphatic rings. The van der Waals surface area contributed by atoms with Crippen molar-refractivity contribution < 1.29 is 39.0 Å². The van der Waals surface area contributed by atoms with Gasteiger partial charge in [0.05, 0.1) is 12.9 Å². The van der Waals surface area contributed by atoms with Crippen LogP contribution in [-0.4, -0.2) is 80.4 Å². The molecule has 15 heteroatoms. The fourth-order valence-corrected chi connectivity index (χ4v) is 2.70. The highest BCUT2D eigenvalue weighted by Crippen LogP contribution is 2.05. The molecule has 182 valence electrons. The molecule has 3 unspecified atom stereocenters. The molecule has 0 aromatic carbocycles. The van der Waals surface area contributed by atoms with Gasteiger partial charge in [0.2, 0.25) is 23.6 Å².